The molecule has 6 heteroatoms. The van der Waals surface area contributed by atoms with Crippen molar-refractivity contribution in [1.82, 2.24) is 9.97 Å². The number of para-hydroxylation sites is 1. The van der Waals surface area contributed by atoms with Crippen molar-refractivity contribution in [3.05, 3.63) is 54.1 Å². The topological polar surface area (TPSA) is 61.4 Å². The smallest absolute Gasteiger partial charge is 0.228 e. The van der Waals surface area contributed by atoms with Crippen LogP contribution in [0.5, 0.6) is 0 Å². The van der Waals surface area contributed by atoms with Gasteiger partial charge in [0.1, 0.15) is 5.82 Å². The summed E-state index contributed by atoms with van der Waals surface area (Å²) in [5, 5.41) is 4.80. The fourth-order valence-corrected chi connectivity index (χ4v) is 4.65. The number of nitrogens with zero attached hydrogens (tertiary/aromatic N) is 4. The van der Waals surface area contributed by atoms with E-state index in [1.807, 2.05) is 30.3 Å². The van der Waals surface area contributed by atoms with Gasteiger partial charge in [0, 0.05) is 48.9 Å². The maximum atomic E-state index is 11.5. The van der Waals surface area contributed by atoms with Gasteiger partial charge in [0.15, 0.2) is 5.78 Å². The lowest BCUT2D eigenvalue weighted by molar-refractivity contribution is 0.101. The number of hydrogen-bond acceptors (Lipinski definition) is 6. The van der Waals surface area contributed by atoms with Gasteiger partial charge in [0.2, 0.25) is 5.95 Å². The van der Waals surface area contributed by atoms with E-state index >= 15 is 0 Å². The maximum absolute atomic E-state index is 11.5. The summed E-state index contributed by atoms with van der Waals surface area (Å²) in [4.78, 5) is 26.0. The zero-order valence-electron chi connectivity index (χ0n) is 18.1. The average molecular weight is 416 g/mol. The first kappa shape index (κ1) is 19.8. The molecule has 1 saturated heterocycles. The number of piperazine rings is 1. The van der Waals surface area contributed by atoms with Gasteiger partial charge in [-0.15, -0.1) is 0 Å². The predicted molar refractivity (Wildman–Crippen MR) is 126 cm³/mol. The van der Waals surface area contributed by atoms with Crippen molar-refractivity contribution in [2.24, 2.45) is 0 Å². The van der Waals surface area contributed by atoms with Crippen molar-refractivity contribution >= 4 is 34.1 Å². The van der Waals surface area contributed by atoms with Gasteiger partial charge in [-0.2, -0.15) is 4.98 Å². The minimum absolute atomic E-state index is 0.104. The number of ketones is 1. The maximum Gasteiger partial charge on any atom is 0.228 e. The van der Waals surface area contributed by atoms with Crippen molar-refractivity contribution in [2.75, 3.05) is 41.3 Å². The minimum Gasteiger partial charge on any atom is -0.368 e. The lowest BCUT2D eigenvalue weighted by Gasteiger charge is -2.36. The predicted octanol–water partition coefficient (Wildman–Crippen LogP) is 4.51. The van der Waals surface area contributed by atoms with Gasteiger partial charge in [-0.25, -0.2) is 4.98 Å². The number of fused-ring (bicyclic) bond motifs is 1. The second-order valence-corrected chi connectivity index (χ2v) is 8.59. The number of carbonyl (C=O) groups excluding carboxylic acids is 1. The first-order valence-electron chi connectivity index (χ1n) is 11.3. The van der Waals surface area contributed by atoms with Crippen LogP contribution in [0.1, 0.15) is 43.0 Å². The second-order valence-electron chi connectivity index (χ2n) is 8.59. The summed E-state index contributed by atoms with van der Waals surface area (Å²) in [6, 6.07) is 16.7. The van der Waals surface area contributed by atoms with Crippen LogP contribution in [0.4, 0.5) is 17.5 Å². The van der Waals surface area contributed by atoms with Crippen molar-refractivity contribution in [2.45, 2.75) is 38.6 Å². The monoisotopic (exact) mass is 415 g/mol. The molecule has 0 amide bonds. The fourth-order valence-electron chi connectivity index (χ4n) is 4.65. The summed E-state index contributed by atoms with van der Waals surface area (Å²) >= 11 is 0. The fraction of sp³-hybridized carbons (Fsp3) is 0.400. The van der Waals surface area contributed by atoms with Crippen molar-refractivity contribution in [3.8, 4) is 0 Å². The third-order valence-corrected chi connectivity index (χ3v) is 6.49. The Morgan fingerprint density at radius 2 is 1.58 bits per heavy atom. The molecular weight excluding hydrogens is 386 g/mol. The molecule has 1 aromatic heterocycles. The normalized spacial score (nSPS) is 17.3. The number of aromatic nitrogens is 2. The van der Waals surface area contributed by atoms with Crippen molar-refractivity contribution < 1.29 is 4.79 Å². The number of anilines is 3. The van der Waals surface area contributed by atoms with Gasteiger partial charge in [-0.3, -0.25) is 4.79 Å². The molecule has 0 unspecified atom stereocenters. The molecule has 2 aromatic carbocycles. The Kier molecular flexibility index (Phi) is 5.45. The minimum atomic E-state index is 0.104. The Morgan fingerprint density at radius 3 is 2.29 bits per heavy atom. The van der Waals surface area contributed by atoms with Crippen molar-refractivity contribution in [1.29, 1.82) is 0 Å². The summed E-state index contributed by atoms with van der Waals surface area (Å²) in [6.07, 6.45) is 5.02. The van der Waals surface area contributed by atoms with Gasteiger partial charge in [0.05, 0.1) is 5.52 Å². The van der Waals surface area contributed by atoms with E-state index in [9.17, 15) is 4.79 Å². The van der Waals surface area contributed by atoms with Crippen LogP contribution in [0.2, 0.25) is 0 Å². The number of carbonyl (C=O) groups is 1. The molecule has 2 heterocycles. The van der Waals surface area contributed by atoms with Crippen LogP contribution in [-0.2, 0) is 0 Å². The van der Waals surface area contributed by atoms with E-state index in [-0.39, 0.29) is 5.78 Å². The number of hydrogen-bond donors (Lipinski definition) is 1. The molecule has 31 heavy (non-hydrogen) atoms. The van der Waals surface area contributed by atoms with E-state index in [1.165, 1.54) is 25.7 Å². The van der Waals surface area contributed by atoms with Crippen LogP contribution in [0.3, 0.4) is 0 Å². The summed E-state index contributed by atoms with van der Waals surface area (Å²) < 4.78 is 0. The quantitative estimate of drug-likeness (QED) is 0.619. The Labute approximate surface area is 183 Å². The van der Waals surface area contributed by atoms with Crippen LogP contribution >= 0.6 is 0 Å². The number of nitrogens with one attached hydrogen (secondary N) is 1. The van der Waals surface area contributed by atoms with Gasteiger partial charge >= 0.3 is 0 Å². The van der Waals surface area contributed by atoms with Gasteiger partial charge in [-0.1, -0.05) is 25.0 Å². The molecule has 2 aliphatic rings. The highest BCUT2D eigenvalue weighted by Crippen LogP contribution is 2.28. The van der Waals surface area contributed by atoms with E-state index in [0.29, 0.717) is 6.04 Å². The molecule has 0 atom stereocenters. The van der Waals surface area contributed by atoms with Crippen LogP contribution in [-0.4, -0.2) is 48.0 Å². The molecule has 6 nitrogen and oxygen atoms in total. The third-order valence-electron chi connectivity index (χ3n) is 6.49. The third kappa shape index (κ3) is 4.20. The molecule has 0 bridgehead atoms. The summed E-state index contributed by atoms with van der Waals surface area (Å²) in [6.45, 7) is 5.15. The Balaban J connectivity index is 1.33. The molecule has 3 aromatic rings. The first-order valence-corrected chi connectivity index (χ1v) is 11.3. The highest BCUT2D eigenvalue weighted by atomic mass is 16.1. The molecular formula is C25H29N5O. The summed E-state index contributed by atoms with van der Waals surface area (Å²) in [7, 11) is 0. The molecule has 0 spiro atoms. The number of benzene rings is 2. The Hall–Kier alpha value is -3.15. The number of rotatable bonds is 5. The molecule has 1 aliphatic heterocycles. The van der Waals surface area contributed by atoms with Crippen LogP contribution < -0.4 is 15.1 Å². The van der Waals surface area contributed by atoms with Gasteiger partial charge in [0.25, 0.3) is 0 Å². The lowest BCUT2D eigenvalue weighted by Crippen LogP contribution is -2.47. The molecule has 0 radical (unpaired) electrons. The van der Waals surface area contributed by atoms with E-state index < -0.39 is 0 Å². The second kappa shape index (κ2) is 8.53. The van der Waals surface area contributed by atoms with E-state index in [1.54, 1.807) is 6.92 Å². The Bertz CT molecular complexity index is 1070. The van der Waals surface area contributed by atoms with E-state index in [2.05, 4.69) is 33.3 Å². The number of Topliss-reactive ketones (excluding diaryl/α,β-unsaturated/α-hetero) is 1. The molecule has 5 rings (SSSR count). The molecule has 1 aliphatic carbocycles. The highest BCUT2D eigenvalue weighted by molar-refractivity contribution is 5.94. The first-order chi connectivity index (χ1) is 15.2. The largest absolute Gasteiger partial charge is 0.368 e. The average Bonchev–Trinajstić information content (AvgIpc) is 3.32. The van der Waals surface area contributed by atoms with Gasteiger partial charge < -0.3 is 15.1 Å². The van der Waals surface area contributed by atoms with E-state index in [4.69, 9.17) is 9.97 Å². The summed E-state index contributed by atoms with van der Waals surface area (Å²) in [5.41, 5.74) is 2.91. The standard InChI is InChI=1S/C25H29N5O/c1-18(31)19-10-12-21(13-11-19)29-14-16-30(17-15-29)25-27-23-9-5-4-8-22(23)24(28-25)26-20-6-2-3-7-20/h4-5,8-13,20H,2-3,6-7,14-17H2,1H3,(H,26,27,28). The van der Waals surface area contributed by atoms with E-state index in [0.717, 1.165) is 60.1 Å². The highest BCUT2D eigenvalue weighted by Gasteiger charge is 2.22. The molecule has 1 N–H and O–H groups in total. The van der Waals surface area contributed by atoms with Crippen molar-refractivity contribution in [3.63, 3.8) is 0 Å². The van der Waals surface area contributed by atoms with Crippen LogP contribution in [0.25, 0.3) is 10.9 Å². The van der Waals surface area contributed by atoms with Gasteiger partial charge in [-0.05, 0) is 56.2 Å². The molecule has 160 valence electrons. The molecule has 1 saturated carbocycles. The summed E-state index contributed by atoms with van der Waals surface area (Å²) in [5.74, 6) is 1.88. The zero-order chi connectivity index (χ0) is 21.2. The lowest BCUT2D eigenvalue weighted by atomic mass is 10.1. The Morgan fingerprint density at radius 1 is 0.903 bits per heavy atom. The molecule has 2 fully saturated rings. The van der Waals surface area contributed by atoms with Crippen LogP contribution in [0, 0.1) is 0 Å². The zero-order valence-corrected chi connectivity index (χ0v) is 18.1. The SMILES string of the molecule is CC(=O)c1ccc(N2CCN(c3nc(NC4CCCC4)c4ccccc4n3)CC2)cc1. The van der Waals surface area contributed by atoms with Crippen LogP contribution in [0.15, 0.2) is 48.5 Å².